The van der Waals surface area contributed by atoms with E-state index in [0.29, 0.717) is 42.1 Å². The van der Waals surface area contributed by atoms with Gasteiger partial charge in [0.25, 0.3) is 11.8 Å². The van der Waals surface area contributed by atoms with Crippen molar-refractivity contribution in [2.45, 2.75) is 12.1 Å². The second-order valence-corrected chi connectivity index (χ2v) is 6.22. The minimum atomic E-state index is -0.872. The zero-order chi connectivity index (χ0) is 17.4. The van der Waals surface area contributed by atoms with Gasteiger partial charge in [0, 0.05) is 13.0 Å². The van der Waals surface area contributed by atoms with Crippen LogP contribution in [0.3, 0.4) is 0 Å². The number of nitrogens with zero attached hydrogens (tertiary/aromatic N) is 1. The first-order valence-corrected chi connectivity index (χ1v) is 8.15. The van der Waals surface area contributed by atoms with E-state index in [9.17, 15) is 9.59 Å². The van der Waals surface area contributed by atoms with E-state index in [1.54, 1.807) is 48.4 Å². The minimum Gasteiger partial charge on any atom is -0.496 e. The highest BCUT2D eigenvalue weighted by Crippen LogP contribution is 2.33. The van der Waals surface area contributed by atoms with Crippen LogP contribution in [0.2, 0.25) is 0 Å². The first-order chi connectivity index (χ1) is 12.1. The van der Waals surface area contributed by atoms with E-state index in [4.69, 9.17) is 9.47 Å². The smallest absolute Gasteiger partial charge is 0.258 e. The Morgan fingerprint density at radius 3 is 2.80 bits per heavy atom. The number of hydrogen-bond donors (Lipinski definition) is 1. The maximum atomic E-state index is 12.9. The maximum absolute atomic E-state index is 12.9. The van der Waals surface area contributed by atoms with Crippen LogP contribution in [0.15, 0.2) is 48.5 Å². The average molecular weight is 338 g/mol. The van der Waals surface area contributed by atoms with Gasteiger partial charge in [-0.05, 0) is 24.3 Å². The molecule has 1 atom stereocenters. The van der Waals surface area contributed by atoms with Crippen LogP contribution >= 0.6 is 0 Å². The topological polar surface area (TPSA) is 67.9 Å². The summed E-state index contributed by atoms with van der Waals surface area (Å²) >= 11 is 0. The van der Waals surface area contributed by atoms with Gasteiger partial charge in [-0.25, -0.2) is 0 Å². The molecule has 6 heteroatoms. The van der Waals surface area contributed by atoms with E-state index in [2.05, 4.69) is 5.32 Å². The van der Waals surface area contributed by atoms with E-state index in [-0.39, 0.29) is 11.8 Å². The van der Waals surface area contributed by atoms with Crippen LogP contribution in [-0.2, 0) is 0 Å². The molecule has 0 bridgehead atoms. The molecule has 1 spiro atoms. The van der Waals surface area contributed by atoms with Gasteiger partial charge in [0.15, 0.2) is 0 Å². The van der Waals surface area contributed by atoms with Gasteiger partial charge in [-0.1, -0.05) is 24.3 Å². The number of ether oxygens (including phenoxy) is 2. The highest BCUT2D eigenvalue weighted by Gasteiger charge is 2.47. The molecule has 128 valence electrons. The molecular weight excluding hydrogens is 320 g/mol. The van der Waals surface area contributed by atoms with Crippen LogP contribution in [0, 0.1) is 0 Å². The summed E-state index contributed by atoms with van der Waals surface area (Å²) in [5, 5.41) is 2.93. The van der Waals surface area contributed by atoms with E-state index >= 15 is 0 Å². The number of carbonyl (C=O) groups excluding carboxylic acids is 2. The molecule has 1 unspecified atom stereocenters. The Morgan fingerprint density at radius 1 is 1.20 bits per heavy atom. The number of amides is 2. The van der Waals surface area contributed by atoms with Crippen molar-refractivity contribution in [1.82, 2.24) is 10.2 Å². The highest BCUT2D eigenvalue weighted by molar-refractivity contribution is 5.99. The molecule has 0 radical (unpaired) electrons. The molecule has 2 aliphatic heterocycles. The van der Waals surface area contributed by atoms with Crippen LogP contribution in [0.5, 0.6) is 11.5 Å². The number of likely N-dealkylation sites (tertiary alicyclic amines) is 1. The summed E-state index contributed by atoms with van der Waals surface area (Å²) in [6.07, 6.45) is 0.536. The van der Waals surface area contributed by atoms with Gasteiger partial charge in [0.2, 0.25) is 5.72 Å². The lowest BCUT2D eigenvalue weighted by atomic mass is 10.1. The zero-order valence-corrected chi connectivity index (χ0v) is 13.8. The number of carbonyl (C=O) groups is 2. The number of benzene rings is 2. The minimum absolute atomic E-state index is 0.133. The van der Waals surface area contributed by atoms with Crippen LogP contribution in [-0.4, -0.2) is 42.6 Å². The number of methoxy groups -OCH3 is 1. The van der Waals surface area contributed by atoms with Crippen molar-refractivity contribution in [3.63, 3.8) is 0 Å². The molecule has 2 heterocycles. The summed E-state index contributed by atoms with van der Waals surface area (Å²) < 4.78 is 11.3. The third kappa shape index (κ3) is 2.59. The van der Waals surface area contributed by atoms with Crippen molar-refractivity contribution in [3.05, 3.63) is 59.7 Å². The lowest BCUT2D eigenvalue weighted by Crippen LogP contribution is -2.57. The largest absolute Gasteiger partial charge is 0.496 e. The van der Waals surface area contributed by atoms with Crippen molar-refractivity contribution >= 4 is 11.8 Å². The van der Waals surface area contributed by atoms with Crippen LogP contribution in [0.1, 0.15) is 27.1 Å². The fraction of sp³-hybridized carbons (Fsp3) is 0.263. The summed E-state index contributed by atoms with van der Waals surface area (Å²) in [6, 6.07) is 14.3. The second kappa shape index (κ2) is 5.81. The summed E-state index contributed by atoms with van der Waals surface area (Å²) in [4.78, 5) is 26.9. The normalized spacial score (nSPS) is 21.5. The SMILES string of the molecule is COc1ccccc1C(=O)N1CCC2(C1)NC(=O)c1ccccc1O2. The van der Waals surface area contributed by atoms with Crippen molar-refractivity contribution in [3.8, 4) is 11.5 Å². The molecule has 1 N–H and O–H groups in total. The quantitative estimate of drug-likeness (QED) is 0.910. The molecule has 1 fully saturated rings. The summed E-state index contributed by atoms with van der Waals surface area (Å²) in [5.41, 5.74) is 0.149. The molecule has 1 saturated heterocycles. The number of hydrogen-bond acceptors (Lipinski definition) is 4. The summed E-state index contributed by atoms with van der Waals surface area (Å²) in [7, 11) is 1.54. The third-order valence-electron chi connectivity index (χ3n) is 4.63. The van der Waals surface area contributed by atoms with Crippen LogP contribution in [0.25, 0.3) is 0 Å². The third-order valence-corrected chi connectivity index (χ3v) is 4.63. The Bertz CT molecular complexity index is 851. The lowest BCUT2D eigenvalue weighted by Gasteiger charge is -2.35. The molecule has 0 aromatic heterocycles. The van der Waals surface area contributed by atoms with Crippen molar-refractivity contribution in [2.75, 3.05) is 20.2 Å². The molecule has 6 nitrogen and oxygen atoms in total. The highest BCUT2D eigenvalue weighted by atomic mass is 16.5. The molecular formula is C19H18N2O4. The Hall–Kier alpha value is -3.02. The van der Waals surface area contributed by atoms with Crippen LogP contribution < -0.4 is 14.8 Å². The fourth-order valence-corrected chi connectivity index (χ4v) is 3.39. The molecule has 2 aromatic rings. The summed E-state index contributed by atoms with van der Waals surface area (Å²) in [6.45, 7) is 0.795. The molecule has 2 aromatic carbocycles. The Labute approximate surface area is 145 Å². The van der Waals surface area contributed by atoms with Gasteiger partial charge < -0.3 is 19.7 Å². The van der Waals surface area contributed by atoms with Gasteiger partial charge >= 0.3 is 0 Å². The number of nitrogens with one attached hydrogen (secondary N) is 1. The molecule has 0 aliphatic carbocycles. The van der Waals surface area contributed by atoms with Gasteiger partial charge in [-0.15, -0.1) is 0 Å². The fourth-order valence-electron chi connectivity index (χ4n) is 3.39. The van der Waals surface area contributed by atoms with Crippen molar-refractivity contribution < 1.29 is 19.1 Å². The molecule has 4 rings (SSSR count). The Balaban J connectivity index is 1.58. The van der Waals surface area contributed by atoms with E-state index in [1.807, 2.05) is 12.1 Å². The maximum Gasteiger partial charge on any atom is 0.258 e. The van der Waals surface area contributed by atoms with Crippen molar-refractivity contribution in [1.29, 1.82) is 0 Å². The van der Waals surface area contributed by atoms with E-state index in [0.717, 1.165) is 0 Å². The Morgan fingerprint density at radius 2 is 1.96 bits per heavy atom. The predicted molar refractivity (Wildman–Crippen MR) is 90.8 cm³/mol. The molecule has 25 heavy (non-hydrogen) atoms. The van der Waals surface area contributed by atoms with Gasteiger partial charge in [0.1, 0.15) is 11.5 Å². The monoisotopic (exact) mass is 338 g/mol. The number of para-hydroxylation sites is 2. The van der Waals surface area contributed by atoms with Gasteiger partial charge in [-0.3, -0.25) is 9.59 Å². The average Bonchev–Trinajstić information content (AvgIpc) is 3.04. The predicted octanol–water partition coefficient (Wildman–Crippen LogP) is 2.06. The van der Waals surface area contributed by atoms with E-state index < -0.39 is 5.72 Å². The molecule has 2 aliphatic rings. The number of rotatable bonds is 2. The zero-order valence-electron chi connectivity index (χ0n) is 13.8. The second-order valence-electron chi connectivity index (χ2n) is 6.22. The molecule has 0 saturated carbocycles. The van der Waals surface area contributed by atoms with Crippen molar-refractivity contribution in [2.24, 2.45) is 0 Å². The standard InChI is InChI=1S/C19H18N2O4/c1-24-15-8-4-3-7-14(15)18(23)21-11-10-19(12-21)20-17(22)13-6-2-5-9-16(13)25-19/h2-9H,10-12H2,1H3,(H,20,22). The first-order valence-electron chi connectivity index (χ1n) is 8.15. The Kier molecular flexibility index (Phi) is 3.60. The van der Waals surface area contributed by atoms with Gasteiger partial charge in [-0.2, -0.15) is 0 Å². The molecule has 2 amide bonds. The van der Waals surface area contributed by atoms with E-state index in [1.165, 1.54) is 0 Å². The summed E-state index contributed by atoms with van der Waals surface area (Å²) in [5.74, 6) is 0.782. The van der Waals surface area contributed by atoms with Gasteiger partial charge in [0.05, 0.1) is 24.8 Å². The van der Waals surface area contributed by atoms with Crippen LogP contribution in [0.4, 0.5) is 0 Å². The first kappa shape index (κ1) is 15.5. The number of fused-ring (bicyclic) bond motifs is 1. The lowest BCUT2D eigenvalue weighted by molar-refractivity contribution is 0.0240.